The van der Waals surface area contributed by atoms with Gasteiger partial charge in [0.1, 0.15) is 5.82 Å². The highest BCUT2D eigenvalue weighted by molar-refractivity contribution is 9.10. The van der Waals surface area contributed by atoms with Crippen LogP contribution in [-0.2, 0) is 29.2 Å². The number of nitrogens with zero attached hydrogens (tertiary/aromatic N) is 2. The van der Waals surface area contributed by atoms with E-state index >= 15 is 0 Å². The number of imide groups is 1. The summed E-state index contributed by atoms with van der Waals surface area (Å²) in [6.45, 7) is 0.399. The molecule has 192 valence electrons. The van der Waals surface area contributed by atoms with E-state index in [1.807, 2.05) is 29.2 Å². The van der Waals surface area contributed by atoms with E-state index in [9.17, 15) is 27.2 Å². The van der Waals surface area contributed by atoms with Crippen LogP contribution in [0.2, 0.25) is 0 Å². The van der Waals surface area contributed by atoms with E-state index in [1.165, 1.54) is 19.1 Å². The highest BCUT2D eigenvalue weighted by atomic mass is 79.9. The lowest BCUT2D eigenvalue weighted by Gasteiger charge is -2.28. The monoisotopic (exact) mass is 577 g/mol. The summed E-state index contributed by atoms with van der Waals surface area (Å²) in [4.78, 5) is 37.9. The molecule has 2 rings (SSSR count). The molecule has 0 saturated heterocycles. The van der Waals surface area contributed by atoms with Crippen molar-refractivity contribution in [1.82, 2.24) is 4.90 Å². The lowest BCUT2D eigenvalue weighted by Crippen LogP contribution is -2.41. The van der Waals surface area contributed by atoms with E-state index in [-0.39, 0.29) is 25.5 Å². The zero-order chi connectivity index (χ0) is 26.6. The predicted molar refractivity (Wildman–Crippen MR) is 129 cm³/mol. The van der Waals surface area contributed by atoms with E-state index in [0.717, 1.165) is 15.1 Å². The molecule has 11 nitrogen and oxygen atoms in total. The number of hydrogen-bond acceptors (Lipinski definition) is 9. The quantitative estimate of drug-likeness (QED) is 0.271. The number of hydrogen-bond donors (Lipinski definition) is 2. The van der Waals surface area contributed by atoms with Crippen molar-refractivity contribution in [2.75, 3.05) is 37.6 Å². The number of ether oxygens (including phenoxy) is 2. The van der Waals surface area contributed by atoms with Gasteiger partial charge in [0.2, 0.25) is 12.7 Å². The van der Waals surface area contributed by atoms with Crippen LogP contribution in [0.15, 0.2) is 53.0 Å². The Balaban J connectivity index is 0.00000111. The second-order valence-corrected chi connectivity index (χ2v) is 9.14. The third-order valence-corrected chi connectivity index (χ3v) is 4.47. The van der Waals surface area contributed by atoms with Gasteiger partial charge in [0, 0.05) is 35.9 Å². The van der Waals surface area contributed by atoms with Gasteiger partial charge in [0.05, 0.1) is 12.8 Å². The maximum atomic E-state index is 13.4. The lowest BCUT2D eigenvalue weighted by atomic mass is 10.2. The van der Waals surface area contributed by atoms with Crippen molar-refractivity contribution >= 4 is 55.4 Å². The van der Waals surface area contributed by atoms with Crippen LogP contribution in [0, 0.1) is 5.82 Å². The molecule has 0 aliphatic heterocycles. The standard InChI is InChI=1S/C20H21BrFN3O5.CH4O3S/c1-14(26)24(20(28)30-13-29-19(27)12-23)9-10-25(17-7-5-16(22)6-8-17)18-4-2-3-15(21)11-18;1-5(2,3)4/h2-8,11H,9-10,12-13,23H2,1H3;1H3,(H,2,3,4). The van der Waals surface area contributed by atoms with Crippen LogP contribution in [0.3, 0.4) is 0 Å². The average Bonchev–Trinajstić information content (AvgIpc) is 2.76. The summed E-state index contributed by atoms with van der Waals surface area (Å²) in [5, 5.41) is 0. The molecule has 3 N–H and O–H groups in total. The van der Waals surface area contributed by atoms with E-state index in [2.05, 4.69) is 20.7 Å². The molecule has 0 bridgehead atoms. The zero-order valence-corrected chi connectivity index (χ0v) is 21.3. The number of carbonyl (C=O) groups is 3. The van der Waals surface area contributed by atoms with Gasteiger partial charge in [-0.05, 0) is 42.5 Å². The largest absolute Gasteiger partial charge is 0.427 e. The van der Waals surface area contributed by atoms with Gasteiger partial charge in [0.15, 0.2) is 0 Å². The van der Waals surface area contributed by atoms with E-state index in [1.54, 1.807) is 12.1 Å². The topological polar surface area (TPSA) is 157 Å². The molecule has 35 heavy (non-hydrogen) atoms. The molecule has 0 saturated carbocycles. The number of rotatable bonds is 8. The average molecular weight is 578 g/mol. The third kappa shape index (κ3) is 12.3. The highest BCUT2D eigenvalue weighted by Crippen LogP contribution is 2.27. The summed E-state index contributed by atoms with van der Waals surface area (Å²) in [6, 6.07) is 13.2. The Kier molecular flexibility index (Phi) is 12.3. The zero-order valence-electron chi connectivity index (χ0n) is 18.9. The van der Waals surface area contributed by atoms with Crippen molar-refractivity contribution in [2.45, 2.75) is 6.92 Å². The molecule has 0 aliphatic rings. The molecule has 2 aromatic carbocycles. The van der Waals surface area contributed by atoms with Crippen molar-refractivity contribution in [3.05, 3.63) is 58.8 Å². The van der Waals surface area contributed by atoms with Gasteiger partial charge in [-0.3, -0.25) is 14.1 Å². The number of benzene rings is 2. The first-order valence-corrected chi connectivity index (χ1v) is 12.5. The molecule has 0 heterocycles. The highest BCUT2D eigenvalue weighted by Gasteiger charge is 2.22. The summed E-state index contributed by atoms with van der Waals surface area (Å²) in [6.07, 6.45) is -0.242. The Morgan fingerprint density at radius 3 is 2.17 bits per heavy atom. The van der Waals surface area contributed by atoms with Crippen LogP contribution >= 0.6 is 15.9 Å². The summed E-state index contributed by atoms with van der Waals surface area (Å²) in [7, 11) is -3.67. The van der Waals surface area contributed by atoms with Crippen LogP contribution in [-0.4, -0.2) is 68.5 Å². The van der Waals surface area contributed by atoms with E-state index in [0.29, 0.717) is 11.9 Å². The Bertz CT molecular complexity index is 1110. The number of amides is 2. The molecule has 0 spiro atoms. The van der Waals surface area contributed by atoms with Crippen LogP contribution in [0.25, 0.3) is 0 Å². The fourth-order valence-electron chi connectivity index (χ4n) is 2.53. The number of halogens is 2. The molecule has 0 aromatic heterocycles. The maximum Gasteiger partial charge on any atom is 0.419 e. The van der Waals surface area contributed by atoms with Gasteiger partial charge in [0.25, 0.3) is 10.1 Å². The van der Waals surface area contributed by atoms with Crippen LogP contribution in [0.5, 0.6) is 0 Å². The Hall–Kier alpha value is -3.07. The molecular formula is C21H25BrFN3O8S. The molecule has 0 atom stereocenters. The van der Waals surface area contributed by atoms with E-state index < -0.39 is 34.9 Å². The minimum atomic E-state index is -3.67. The molecule has 0 unspecified atom stereocenters. The summed E-state index contributed by atoms with van der Waals surface area (Å²) in [5.41, 5.74) is 6.53. The van der Waals surface area contributed by atoms with Gasteiger partial charge >= 0.3 is 12.1 Å². The summed E-state index contributed by atoms with van der Waals surface area (Å²) in [5.74, 6) is -1.67. The second-order valence-electron chi connectivity index (χ2n) is 6.76. The SMILES string of the molecule is CC(=O)N(CCN(c1ccc(F)cc1)c1cccc(Br)c1)C(=O)OCOC(=O)CN.CS(=O)(=O)O. The molecule has 2 amide bonds. The Labute approximate surface area is 210 Å². The van der Waals surface area contributed by atoms with Crippen molar-refractivity contribution in [3.63, 3.8) is 0 Å². The number of esters is 1. The van der Waals surface area contributed by atoms with Crippen molar-refractivity contribution in [2.24, 2.45) is 5.73 Å². The van der Waals surface area contributed by atoms with E-state index in [4.69, 9.17) is 15.0 Å². The summed E-state index contributed by atoms with van der Waals surface area (Å²) >= 11 is 3.41. The summed E-state index contributed by atoms with van der Waals surface area (Å²) < 4.78 is 49.5. The van der Waals surface area contributed by atoms with Gasteiger partial charge in [-0.1, -0.05) is 22.0 Å². The molecule has 0 radical (unpaired) electrons. The van der Waals surface area contributed by atoms with Gasteiger partial charge in [-0.2, -0.15) is 8.42 Å². The Morgan fingerprint density at radius 2 is 1.66 bits per heavy atom. The predicted octanol–water partition coefficient (Wildman–Crippen LogP) is 2.67. The van der Waals surface area contributed by atoms with Crippen molar-refractivity contribution in [1.29, 1.82) is 0 Å². The first-order valence-electron chi connectivity index (χ1n) is 9.83. The molecule has 14 heteroatoms. The minimum Gasteiger partial charge on any atom is -0.427 e. The normalized spacial score (nSPS) is 10.5. The number of carbonyl (C=O) groups excluding carboxylic acids is 3. The molecule has 0 fully saturated rings. The van der Waals surface area contributed by atoms with Gasteiger partial charge in [-0.25, -0.2) is 14.1 Å². The smallest absolute Gasteiger partial charge is 0.419 e. The lowest BCUT2D eigenvalue weighted by molar-refractivity contribution is -0.150. The van der Waals surface area contributed by atoms with Gasteiger partial charge in [-0.15, -0.1) is 0 Å². The van der Waals surface area contributed by atoms with Crippen molar-refractivity contribution in [3.8, 4) is 0 Å². The third-order valence-electron chi connectivity index (χ3n) is 3.97. The fraction of sp³-hybridized carbons (Fsp3) is 0.286. The number of nitrogens with two attached hydrogens (primary N) is 1. The van der Waals surface area contributed by atoms with Gasteiger partial charge < -0.3 is 20.1 Å². The minimum absolute atomic E-state index is 0.0249. The first-order chi connectivity index (χ1) is 16.3. The Morgan fingerprint density at radius 1 is 1.06 bits per heavy atom. The van der Waals surface area contributed by atoms with Crippen LogP contribution in [0.4, 0.5) is 20.6 Å². The molecular weight excluding hydrogens is 553 g/mol. The molecule has 0 aliphatic carbocycles. The van der Waals surface area contributed by atoms with Crippen LogP contribution in [0.1, 0.15) is 6.92 Å². The van der Waals surface area contributed by atoms with Crippen molar-refractivity contribution < 1.29 is 41.2 Å². The second kappa shape index (κ2) is 14.4. The first kappa shape index (κ1) is 30.0. The molecule has 2 aromatic rings. The fourth-order valence-corrected chi connectivity index (χ4v) is 2.92. The number of anilines is 2. The maximum absolute atomic E-state index is 13.4. The van der Waals surface area contributed by atoms with Crippen LogP contribution < -0.4 is 10.6 Å².